The van der Waals surface area contributed by atoms with Gasteiger partial charge in [-0.1, -0.05) is 91.0 Å². The number of anilines is 2. The van der Waals surface area contributed by atoms with Crippen LogP contribution in [0, 0.1) is 0 Å². The molecule has 0 fully saturated rings. The molecule has 0 heterocycles. The van der Waals surface area contributed by atoms with Gasteiger partial charge in [0.2, 0.25) is 0 Å². The molecule has 0 aromatic heterocycles. The summed E-state index contributed by atoms with van der Waals surface area (Å²) in [5.74, 6) is -0.522. The molecule has 5 heteroatoms. The van der Waals surface area contributed by atoms with Gasteiger partial charge in [0, 0.05) is 0 Å². The molecule has 4 aromatic rings. The van der Waals surface area contributed by atoms with Gasteiger partial charge in [-0.3, -0.25) is 0 Å². The van der Waals surface area contributed by atoms with Crippen molar-refractivity contribution in [1.82, 2.24) is 0 Å². The van der Waals surface area contributed by atoms with E-state index in [2.05, 4.69) is 0 Å². The molecule has 0 spiro atoms. The quantitative estimate of drug-likeness (QED) is 0.309. The summed E-state index contributed by atoms with van der Waals surface area (Å²) < 4.78 is 11.1. The largest absolute Gasteiger partial charge is 0.457 e. The molecule has 1 amide bonds. The first-order valence-electron chi connectivity index (χ1n) is 10.6. The number of para-hydroxylation sites is 2. The van der Waals surface area contributed by atoms with E-state index in [1.165, 1.54) is 4.90 Å². The van der Waals surface area contributed by atoms with Crippen molar-refractivity contribution in [3.8, 4) is 0 Å². The predicted molar refractivity (Wildman–Crippen MR) is 127 cm³/mol. The summed E-state index contributed by atoms with van der Waals surface area (Å²) in [5.41, 5.74) is 2.99. The fourth-order valence-corrected chi connectivity index (χ4v) is 3.35. The lowest BCUT2D eigenvalue weighted by Gasteiger charge is -2.24. The van der Waals surface area contributed by atoms with E-state index in [0.717, 1.165) is 11.1 Å². The topological polar surface area (TPSA) is 55.8 Å². The zero-order valence-electron chi connectivity index (χ0n) is 18.0. The summed E-state index contributed by atoms with van der Waals surface area (Å²) >= 11 is 0. The van der Waals surface area contributed by atoms with Crippen molar-refractivity contribution in [2.45, 2.75) is 13.2 Å². The standard InChI is InChI=1S/C28H23NO4/c30-27(32-20-22-12-4-1-5-13-22)25-18-10-11-19-26(25)29(24-16-8-3-9-17-24)28(31)33-21-23-14-6-2-7-15-23/h1-19H,20-21H2. The van der Waals surface area contributed by atoms with Crippen LogP contribution in [0.1, 0.15) is 21.5 Å². The first kappa shape index (κ1) is 21.8. The maximum atomic E-state index is 13.2. The van der Waals surface area contributed by atoms with Gasteiger partial charge in [-0.15, -0.1) is 0 Å². The van der Waals surface area contributed by atoms with Gasteiger partial charge < -0.3 is 9.47 Å². The van der Waals surface area contributed by atoms with Crippen LogP contribution in [0.5, 0.6) is 0 Å². The third-order valence-corrected chi connectivity index (χ3v) is 4.98. The molecule has 0 aliphatic carbocycles. The summed E-state index contributed by atoms with van der Waals surface area (Å²) in [5, 5.41) is 0. The average molecular weight is 437 g/mol. The lowest BCUT2D eigenvalue weighted by molar-refractivity contribution is 0.0473. The number of ether oxygens (including phenoxy) is 2. The number of carbonyl (C=O) groups excluding carboxylic acids is 2. The number of esters is 1. The molecule has 4 aromatic carbocycles. The molecule has 0 aliphatic rings. The van der Waals surface area contributed by atoms with E-state index < -0.39 is 12.1 Å². The minimum absolute atomic E-state index is 0.115. The Kier molecular flexibility index (Phi) is 7.13. The second kappa shape index (κ2) is 10.8. The van der Waals surface area contributed by atoms with Crippen molar-refractivity contribution in [2.24, 2.45) is 0 Å². The Morgan fingerprint density at radius 3 is 1.67 bits per heavy atom. The number of amides is 1. The zero-order valence-corrected chi connectivity index (χ0v) is 18.0. The van der Waals surface area contributed by atoms with E-state index in [1.807, 2.05) is 78.9 Å². The Morgan fingerprint density at radius 2 is 1.06 bits per heavy atom. The van der Waals surface area contributed by atoms with Crippen molar-refractivity contribution < 1.29 is 19.1 Å². The monoisotopic (exact) mass is 437 g/mol. The summed E-state index contributed by atoms with van der Waals surface area (Å²) in [4.78, 5) is 27.6. The van der Waals surface area contributed by atoms with Crippen LogP contribution in [0.15, 0.2) is 115 Å². The fourth-order valence-electron chi connectivity index (χ4n) is 3.35. The molecule has 0 unspecified atom stereocenters. The van der Waals surface area contributed by atoms with Crippen LogP contribution in [0.2, 0.25) is 0 Å². The van der Waals surface area contributed by atoms with Crippen LogP contribution < -0.4 is 4.90 Å². The highest BCUT2D eigenvalue weighted by molar-refractivity contribution is 6.04. The third kappa shape index (κ3) is 5.66. The molecule has 0 bridgehead atoms. The van der Waals surface area contributed by atoms with E-state index in [-0.39, 0.29) is 18.8 Å². The zero-order chi connectivity index (χ0) is 22.9. The van der Waals surface area contributed by atoms with Crippen LogP contribution in [0.3, 0.4) is 0 Å². The van der Waals surface area contributed by atoms with Gasteiger partial charge >= 0.3 is 12.1 Å². The molecule has 4 rings (SSSR count). The van der Waals surface area contributed by atoms with Gasteiger partial charge in [-0.05, 0) is 35.4 Å². The minimum Gasteiger partial charge on any atom is -0.457 e. The highest BCUT2D eigenvalue weighted by Crippen LogP contribution is 2.30. The van der Waals surface area contributed by atoms with Crippen molar-refractivity contribution >= 4 is 23.4 Å². The Hall–Kier alpha value is -4.38. The highest BCUT2D eigenvalue weighted by atomic mass is 16.6. The van der Waals surface area contributed by atoms with Gasteiger partial charge in [-0.25, -0.2) is 14.5 Å². The van der Waals surface area contributed by atoms with E-state index in [0.29, 0.717) is 11.4 Å². The Bertz CT molecular complexity index is 1190. The van der Waals surface area contributed by atoms with E-state index in [9.17, 15) is 9.59 Å². The van der Waals surface area contributed by atoms with E-state index in [4.69, 9.17) is 9.47 Å². The molecule has 0 radical (unpaired) electrons. The predicted octanol–water partition coefficient (Wildman–Crippen LogP) is 6.52. The molecule has 0 atom stereocenters. The van der Waals surface area contributed by atoms with Crippen LogP contribution >= 0.6 is 0 Å². The van der Waals surface area contributed by atoms with E-state index in [1.54, 1.807) is 36.4 Å². The van der Waals surface area contributed by atoms with Crippen molar-refractivity contribution in [3.05, 3.63) is 132 Å². The van der Waals surface area contributed by atoms with Crippen LogP contribution in [0.4, 0.5) is 16.2 Å². The molecule has 5 nitrogen and oxygen atoms in total. The van der Waals surface area contributed by atoms with Crippen molar-refractivity contribution in [2.75, 3.05) is 4.90 Å². The summed E-state index contributed by atoms with van der Waals surface area (Å²) in [6.45, 7) is 0.251. The molecular weight excluding hydrogens is 414 g/mol. The second-order valence-electron chi connectivity index (χ2n) is 7.29. The Balaban J connectivity index is 1.60. The van der Waals surface area contributed by atoms with Gasteiger partial charge in [0.15, 0.2) is 0 Å². The second-order valence-corrected chi connectivity index (χ2v) is 7.29. The Morgan fingerprint density at radius 1 is 0.576 bits per heavy atom. The smallest absolute Gasteiger partial charge is 0.419 e. The summed E-state index contributed by atoms with van der Waals surface area (Å²) in [6.07, 6.45) is -0.589. The summed E-state index contributed by atoms with van der Waals surface area (Å²) in [6, 6.07) is 34.8. The molecule has 0 saturated heterocycles. The molecule has 33 heavy (non-hydrogen) atoms. The van der Waals surface area contributed by atoms with Crippen molar-refractivity contribution in [1.29, 1.82) is 0 Å². The van der Waals surface area contributed by atoms with Crippen LogP contribution in [-0.4, -0.2) is 12.1 Å². The van der Waals surface area contributed by atoms with Crippen molar-refractivity contribution in [3.63, 3.8) is 0 Å². The number of benzene rings is 4. The number of nitrogens with zero attached hydrogens (tertiary/aromatic N) is 1. The maximum Gasteiger partial charge on any atom is 0.419 e. The van der Waals surface area contributed by atoms with Gasteiger partial charge in [0.25, 0.3) is 0 Å². The molecule has 0 aliphatic heterocycles. The van der Waals surface area contributed by atoms with Crippen LogP contribution in [0.25, 0.3) is 0 Å². The average Bonchev–Trinajstić information content (AvgIpc) is 2.88. The first-order chi connectivity index (χ1) is 16.2. The van der Waals surface area contributed by atoms with Gasteiger partial charge in [0.1, 0.15) is 13.2 Å². The molecule has 164 valence electrons. The number of hydrogen-bond donors (Lipinski definition) is 0. The summed E-state index contributed by atoms with van der Waals surface area (Å²) in [7, 11) is 0. The fraction of sp³-hybridized carbons (Fsp3) is 0.0714. The minimum atomic E-state index is -0.589. The number of hydrogen-bond acceptors (Lipinski definition) is 4. The lowest BCUT2D eigenvalue weighted by atomic mass is 10.1. The molecular formula is C28H23NO4. The maximum absolute atomic E-state index is 13.2. The normalized spacial score (nSPS) is 10.3. The lowest BCUT2D eigenvalue weighted by Crippen LogP contribution is -2.28. The number of carbonyl (C=O) groups is 2. The molecule has 0 saturated carbocycles. The SMILES string of the molecule is O=C(OCc1ccccc1)c1ccccc1N(C(=O)OCc1ccccc1)c1ccccc1. The highest BCUT2D eigenvalue weighted by Gasteiger charge is 2.25. The van der Waals surface area contributed by atoms with Gasteiger partial charge in [-0.2, -0.15) is 0 Å². The first-order valence-corrected chi connectivity index (χ1v) is 10.6. The number of rotatable bonds is 7. The molecule has 0 N–H and O–H groups in total. The Labute approximate surface area is 192 Å². The van der Waals surface area contributed by atoms with E-state index >= 15 is 0 Å². The van der Waals surface area contributed by atoms with Gasteiger partial charge in [0.05, 0.1) is 16.9 Å². The van der Waals surface area contributed by atoms with Crippen LogP contribution in [-0.2, 0) is 22.7 Å². The third-order valence-electron chi connectivity index (χ3n) is 4.98.